The van der Waals surface area contributed by atoms with Gasteiger partial charge in [-0.25, -0.2) is 4.98 Å². The predicted molar refractivity (Wildman–Crippen MR) is 55.2 cm³/mol. The molecule has 0 aliphatic heterocycles. The molecule has 0 aromatic carbocycles. The molecule has 15 heavy (non-hydrogen) atoms. The Morgan fingerprint density at radius 1 is 1.53 bits per heavy atom. The minimum absolute atomic E-state index is 0.256. The number of rotatable bonds is 4. The fraction of sp³-hybridized carbons (Fsp3) is 0.500. The van der Waals surface area contributed by atoms with Gasteiger partial charge in [0.25, 0.3) is 0 Å². The van der Waals surface area contributed by atoms with E-state index in [4.69, 9.17) is 11.6 Å². The number of hydrogen-bond donors (Lipinski definition) is 2. The first-order valence-corrected chi connectivity index (χ1v) is 5.14. The smallest absolute Gasteiger partial charge is 0.213 e. The molecule has 0 saturated heterocycles. The molecule has 5 heteroatoms. The Kier molecular flexibility index (Phi) is 4.45. The second kappa shape index (κ2) is 5.39. The molecule has 2 atom stereocenters. The minimum Gasteiger partial charge on any atom is -0.390 e. The highest BCUT2D eigenvalue weighted by atomic mass is 35.5. The lowest BCUT2D eigenvalue weighted by molar-refractivity contribution is 0.0163. The maximum absolute atomic E-state index is 12.7. The van der Waals surface area contributed by atoms with Gasteiger partial charge in [0.1, 0.15) is 6.10 Å². The summed E-state index contributed by atoms with van der Waals surface area (Å²) >= 11 is 5.45. The largest absolute Gasteiger partial charge is 0.390 e. The molecule has 1 heterocycles. The molecule has 3 nitrogen and oxygen atoms in total. The number of pyridine rings is 1. The first-order valence-electron chi connectivity index (χ1n) is 4.60. The highest BCUT2D eigenvalue weighted by Crippen LogP contribution is 2.22. The van der Waals surface area contributed by atoms with E-state index in [2.05, 4.69) is 4.98 Å². The fourth-order valence-corrected chi connectivity index (χ4v) is 1.54. The van der Waals surface area contributed by atoms with Crippen LogP contribution in [0.15, 0.2) is 12.3 Å². The summed E-state index contributed by atoms with van der Waals surface area (Å²) in [5.74, 6) is -0.346. The maximum atomic E-state index is 12.7. The zero-order valence-electron chi connectivity index (χ0n) is 8.32. The predicted octanol–water partition coefficient (Wildman–Crippen LogP) is 1.55. The summed E-state index contributed by atoms with van der Waals surface area (Å²) in [7, 11) is 0. The van der Waals surface area contributed by atoms with Crippen LogP contribution in [-0.2, 0) is 0 Å². The van der Waals surface area contributed by atoms with Gasteiger partial charge in [0.05, 0.1) is 6.10 Å². The third-order valence-electron chi connectivity index (χ3n) is 2.21. The molecule has 2 unspecified atom stereocenters. The molecule has 0 fully saturated rings. The topological polar surface area (TPSA) is 53.4 Å². The summed E-state index contributed by atoms with van der Waals surface area (Å²) < 4.78 is 12.7. The highest BCUT2D eigenvalue weighted by Gasteiger charge is 2.20. The third-order valence-corrected chi connectivity index (χ3v) is 2.42. The van der Waals surface area contributed by atoms with Crippen molar-refractivity contribution in [3.63, 3.8) is 0 Å². The number of aromatic nitrogens is 1. The standard InChI is InChI=1S/C10H13ClFNO2/c1-6-4-9(12)13-5-7(6)10(15)8(14)2-3-11/h4-5,8,10,14-15H,2-3H2,1H3. The second-order valence-corrected chi connectivity index (χ2v) is 3.73. The van der Waals surface area contributed by atoms with Gasteiger partial charge < -0.3 is 10.2 Å². The Morgan fingerprint density at radius 2 is 2.20 bits per heavy atom. The van der Waals surface area contributed by atoms with Gasteiger partial charge in [0.2, 0.25) is 5.95 Å². The van der Waals surface area contributed by atoms with Gasteiger partial charge in [-0.3, -0.25) is 0 Å². The number of aliphatic hydroxyl groups is 2. The van der Waals surface area contributed by atoms with Crippen LogP contribution in [0.4, 0.5) is 4.39 Å². The van der Waals surface area contributed by atoms with Crippen LogP contribution in [0.2, 0.25) is 0 Å². The molecule has 0 aliphatic rings. The molecule has 2 N–H and O–H groups in total. The quantitative estimate of drug-likeness (QED) is 0.613. The number of halogens is 2. The molecular formula is C10H13ClFNO2. The monoisotopic (exact) mass is 233 g/mol. The summed E-state index contributed by atoms with van der Waals surface area (Å²) in [6.45, 7) is 1.65. The molecule has 84 valence electrons. The summed E-state index contributed by atoms with van der Waals surface area (Å²) in [4.78, 5) is 3.43. The average molecular weight is 234 g/mol. The number of alkyl halides is 1. The number of aliphatic hydroxyl groups excluding tert-OH is 2. The van der Waals surface area contributed by atoms with E-state index in [0.717, 1.165) is 0 Å². The van der Waals surface area contributed by atoms with Gasteiger partial charge >= 0.3 is 0 Å². The minimum atomic E-state index is -1.07. The van der Waals surface area contributed by atoms with Crippen molar-refractivity contribution < 1.29 is 14.6 Å². The number of nitrogens with zero attached hydrogens (tertiary/aromatic N) is 1. The van der Waals surface area contributed by atoms with E-state index in [-0.39, 0.29) is 12.3 Å². The van der Waals surface area contributed by atoms with Crippen LogP contribution in [-0.4, -0.2) is 27.2 Å². The van der Waals surface area contributed by atoms with Crippen LogP contribution in [0.1, 0.15) is 23.7 Å². The van der Waals surface area contributed by atoms with Crippen molar-refractivity contribution in [2.45, 2.75) is 25.6 Å². The molecule has 0 aliphatic carbocycles. The Hall–Kier alpha value is -0.710. The molecular weight excluding hydrogens is 221 g/mol. The van der Waals surface area contributed by atoms with Gasteiger partial charge in [0, 0.05) is 17.6 Å². The van der Waals surface area contributed by atoms with E-state index in [1.807, 2.05) is 0 Å². The Morgan fingerprint density at radius 3 is 2.73 bits per heavy atom. The van der Waals surface area contributed by atoms with Crippen LogP contribution in [0.25, 0.3) is 0 Å². The lowest BCUT2D eigenvalue weighted by Gasteiger charge is -2.18. The molecule has 1 rings (SSSR count). The van der Waals surface area contributed by atoms with Crippen molar-refractivity contribution in [2.75, 3.05) is 5.88 Å². The van der Waals surface area contributed by atoms with Crippen molar-refractivity contribution in [1.82, 2.24) is 4.98 Å². The van der Waals surface area contributed by atoms with Crippen molar-refractivity contribution in [3.8, 4) is 0 Å². The van der Waals surface area contributed by atoms with E-state index in [1.165, 1.54) is 12.3 Å². The van der Waals surface area contributed by atoms with E-state index < -0.39 is 18.2 Å². The lowest BCUT2D eigenvalue weighted by Crippen LogP contribution is -2.19. The van der Waals surface area contributed by atoms with Crippen LogP contribution >= 0.6 is 11.6 Å². The van der Waals surface area contributed by atoms with Gasteiger partial charge in [-0.1, -0.05) is 0 Å². The Labute approximate surface area is 92.5 Å². The molecule has 1 aromatic heterocycles. The van der Waals surface area contributed by atoms with Crippen LogP contribution in [0.3, 0.4) is 0 Å². The molecule has 1 aromatic rings. The van der Waals surface area contributed by atoms with Gasteiger partial charge in [0.15, 0.2) is 0 Å². The van der Waals surface area contributed by atoms with E-state index >= 15 is 0 Å². The zero-order chi connectivity index (χ0) is 11.4. The molecule has 0 spiro atoms. The Bertz CT molecular complexity index is 335. The molecule has 0 radical (unpaired) electrons. The number of aryl methyl sites for hydroxylation is 1. The van der Waals surface area contributed by atoms with Gasteiger partial charge in [-0.2, -0.15) is 4.39 Å². The van der Waals surface area contributed by atoms with Gasteiger partial charge in [-0.05, 0) is 25.0 Å². The first kappa shape index (κ1) is 12.4. The second-order valence-electron chi connectivity index (χ2n) is 3.35. The van der Waals surface area contributed by atoms with Crippen molar-refractivity contribution in [3.05, 3.63) is 29.3 Å². The van der Waals surface area contributed by atoms with E-state index in [1.54, 1.807) is 6.92 Å². The average Bonchev–Trinajstić information content (AvgIpc) is 2.17. The van der Waals surface area contributed by atoms with Crippen LogP contribution in [0, 0.1) is 12.9 Å². The van der Waals surface area contributed by atoms with Crippen molar-refractivity contribution >= 4 is 11.6 Å². The molecule has 0 amide bonds. The van der Waals surface area contributed by atoms with E-state index in [0.29, 0.717) is 11.1 Å². The maximum Gasteiger partial charge on any atom is 0.213 e. The highest BCUT2D eigenvalue weighted by molar-refractivity contribution is 6.17. The SMILES string of the molecule is Cc1cc(F)ncc1C(O)C(O)CCCl. The lowest BCUT2D eigenvalue weighted by atomic mass is 10.0. The molecule has 0 saturated carbocycles. The fourth-order valence-electron chi connectivity index (χ4n) is 1.32. The van der Waals surface area contributed by atoms with Crippen LogP contribution < -0.4 is 0 Å². The molecule has 0 bridgehead atoms. The zero-order valence-corrected chi connectivity index (χ0v) is 9.08. The summed E-state index contributed by atoms with van der Waals surface area (Å²) in [5.41, 5.74) is 0.984. The normalized spacial score (nSPS) is 15.0. The summed E-state index contributed by atoms with van der Waals surface area (Å²) in [6, 6.07) is 1.21. The van der Waals surface area contributed by atoms with E-state index in [9.17, 15) is 14.6 Å². The van der Waals surface area contributed by atoms with Crippen LogP contribution in [0.5, 0.6) is 0 Å². The summed E-state index contributed by atoms with van der Waals surface area (Å²) in [5, 5.41) is 19.2. The Balaban J connectivity index is 2.86. The first-order chi connectivity index (χ1) is 7.06. The third kappa shape index (κ3) is 3.12. The van der Waals surface area contributed by atoms with Crippen molar-refractivity contribution in [2.24, 2.45) is 0 Å². The van der Waals surface area contributed by atoms with Crippen molar-refractivity contribution in [1.29, 1.82) is 0 Å². The summed E-state index contributed by atoms with van der Waals surface area (Å²) in [6.07, 6.45) is -0.517. The number of hydrogen-bond acceptors (Lipinski definition) is 3. The van der Waals surface area contributed by atoms with Gasteiger partial charge in [-0.15, -0.1) is 11.6 Å².